The molecule has 0 aliphatic carbocycles. The minimum atomic E-state index is -0.372. The number of nitrogens with one attached hydrogen (secondary N) is 2. The Morgan fingerprint density at radius 2 is 2.26 bits per heavy atom. The van der Waals surface area contributed by atoms with E-state index in [2.05, 4.69) is 15.8 Å². The van der Waals surface area contributed by atoms with Gasteiger partial charge < -0.3 is 15.4 Å². The molecule has 0 spiro atoms. The molecule has 0 aliphatic rings. The number of hydrogen-bond acceptors (Lipinski definition) is 4. The number of halogens is 1. The van der Waals surface area contributed by atoms with Gasteiger partial charge in [-0.25, -0.2) is 9.82 Å². The molecule has 104 valence electrons. The summed E-state index contributed by atoms with van der Waals surface area (Å²) in [5.41, 5.74) is 6.07. The van der Waals surface area contributed by atoms with Crippen LogP contribution in [0, 0.1) is 5.82 Å². The molecule has 0 heterocycles. The molecule has 0 aliphatic heterocycles. The van der Waals surface area contributed by atoms with Crippen molar-refractivity contribution in [1.29, 1.82) is 0 Å². The maximum Gasteiger partial charge on any atom is 0.124 e. The fourth-order valence-electron chi connectivity index (χ4n) is 1.59. The molecule has 19 heavy (non-hydrogen) atoms. The lowest BCUT2D eigenvalue weighted by Gasteiger charge is -2.19. The topological polar surface area (TPSA) is 59.9 Å². The standard InChI is InChI=1S/C13H19FN4O/c1-15-13(6-7-17-16-2)18(3)9-10-8-11(14)4-5-12(10)19/h4-8,16-17,19H,9H2,1-3H3/b7-6-,15-13?. The van der Waals surface area contributed by atoms with Crippen LogP contribution in [0.1, 0.15) is 5.56 Å². The average molecular weight is 266 g/mol. The van der Waals surface area contributed by atoms with Crippen molar-refractivity contribution in [3.8, 4) is 5.75 Å². The average Bonchev–Trinajstić information content (AvgIpc) is 2.39. The molecule has 0 unspecified atom stereocenters. The van der Waals surface area contributed by atoms with E-state index >= 15 is 0 Å². The normalized spacial score (nSPS) is 11.9. The Morgan fingerprint density at radius 3 is 2.89 bits per heavy atom. The van der Waals surface area contributed by atoms with Crippen molar-refractivity contribution < 1.29 is 9.50 Å². The zero-order valence-corrected chi connectivity index (χ0v) is 11.3. The molecule has 0 aromatic heterocycles. The summed E-state index contributed by atoms with van der Waals surface area (Å²) >= 11 is 0. The first-order chi connectivity index (χ1) is 9.08. The smallest absolute Gasteiger partial charge is 0.124 e. The Morgan fingerprint density at radius 1 is 1.53 bits per heavy atom. The van der Waals surface area contributed by atoms with Gasteiger partial charge >= 0.3 is 0 Å². The quantitative estimate of drug-likeness (QED) is 0.426. The van der Waals surface area contributed by atoms with Crippen molar-refractivity contribution in [1.82, 2.24) is 15.8 Å². The van der Waals surface area contributed by atoms with Gasteiger partial charge in [0, 0.05) is 39.5 Å². The monoisotopic (exact) mass is 266 g/mol. The summed E-state index contributed by atoms with van der Waals surface area (Å²) in [6.45, 7) is 0.361. The molecule has 3 N–H and O–H groups in total. The van der Waals surface area contributed by atoms with Crippen LogP contribution in [0.5, 0.6) is 5.75 Å². The minimum absolute atomic E-state index is 0.0704. The van der Waals surface area contributed by atoms with E-state index in [1.807, 2.05) is 11.9 Å². The van der Waals surface area contributed by atoms with Crippen molar-refractivity contribution in [2.75, 3.05) is 21.1 Å². The van der Waals surface area contributed by atoms with Gasteiger partial charge in [0.1, 0.15) is 17.4 Å². The maximum absolute atomic E-state index is 13.1. The van der Waals surface area contributed by atoms with Crippen LogP contribution in [0.3, 0.4) is 0 Å². The predicted molar refractivity (Wildman–Crippen MR) is 74.2 cm³/mol. The third kappa shape index (κ3) is 4.59. The van der Waals surface area contributed by atoms with Crippen LogP contribution >= 0.6 is 0 Å². The molecule has 6 heteroatoms. The fraction of sp³-hybridized carbons (Fsp3) is 0.308. The molecule has 0 atom stereocenters. The second kappa shape index (κ2) is 7.38. The summed E-state index contributed by atoms with van der Waals surface area (Å²) in [6, 6.07) is 3.89. The predicted octanol–water partition coefficient (Wildman–Crippen LogP) is 1.23. The van der Waals surface area contributed by atoms with E-state index in [-0.39, 0.29) is 11.6 Å². The largest absolute Gasteiger partial charge is 0.508 e. The van der Waals surface area contributed by atoms with Crippen molar-refractivity contribution in [3.05, 3.63) is 41.9 Å². The van der Waals surface area contributed by atoms with E-state index in [1.165, 1.54) is 18.2 Å². The number of benzene rings is 1. The zero-order chi connectivity index (χ0) is 14.3. The molecule has 0 amide bonds. The van der Waals surface area contributed by atoms with Crippen LogP contribution < -0.4 is 10.9 Å². The van der Waals surface area contributed by atoms with Crippen molar-refractivity contribution in [2.45, 2.75) is 6.54 Å². The highest BCUT2D eigenvalue weighted by Gasteiger charge is 2.08. The van der Waals surface area contributed by atoms with E-state index in [0.717, 1.165) is 0 Å². The van der Waals surface area contributed by atoms with Crippen molar-refractivity contribution in [3.63, 3.8) is 0 Å². The lowest BCUT2D eigenvalue weighted by Crippen LogP contribution is -2.26. The number of aliphatic imine (C=N–C) groups is 1. The summed E-state index contributed by atoms with van der Waals surface area (Å²) in [5.74, 6) is 0.399. The first-order valence-corrected chi connectivity index (χ1v) is 5.82. The highest BCUT2D eigenvalue weighted by Crippen LogP contribution is 2.19. The number of hydrogen-bond donors (Lipinski definition) is 3. The Bertz CT molecular complexity index is 474. The van der Waals surface area contributed by atoms with Gasteiger partial charge in [-0.2, -0.15) is 0 Å². The molecular formula is C13H19FN4O. The van der Waals surface area contributed by atoms with Crippen LogP contribution in [0.2, 0.25) is 0 Å². The molecule has 1 aromatic rings. The van der Waals surface area contributed by atoms with Gasteiger partial charge in [0.2, 0.25) is 0 Å². The lowest BCUT2D eigenvalue weighted by molar-refractivity contribution is 0.439. The number of hydrazine groups is 1. The fourth-order valence-corrected chi connectivity index (χ4v) is 1.59. The maximum atomic E-state index is 13.1. The first kappa shape index (κ1) is 15.0. The van der Waals surface area contributed by atoms with E-state index in [9.17, 15) is 9.50 Å². The van der Waals surface area contributed by atoms with Gasteiger partial charge in [-0.1, -0.05) is 0 Å². The van der Waals surface area contributed by atoms with Crippen LogP contribution in [0.15, 0.2) is 35.5 Å². The molecule has 0 radical (unpaired) electrons. The Balaban J connectivity index is 2.77. The molecule has 5 nitrogen and oxygen atoms in total. The highest BCUT2D eigenvalue weighted by molar-refractivity contribution is 5.92. The van der Waals surface area contributed by atoms with E-state index < -0.39 is 0 Å². The van der Waals surface area contributed by atoms with E-state index in [4.69, 9.17) is 0 Å². The van der Waals surface area contributed by atoms with E-state index in [1.54, 1.807) is 26.4 Å². The van der Waals surface area contributed by atoms with Gasteiger partial charge in [0.25, 0.3) is 0 Å². The number of aromatic hydroxyl groups is 1. The third-order valence-electron chi connectivity index (χ3n) is 2.53. The lowest BCUT2D eigenvalue weighted by atomic mass is 10.2. The summed E-state index contributed by atoms with van der Waals surface area (Å²) < 4.78 is 13.1. The highest BCUT2D eigenvalue weighted by atomic mass is 19.1. The van der Waals surface area contributed by atoms with Crippen molar-refractivity contribution in [2.24, 2.45) is 4.99 Å². The van der Waals surface area contributed by atoms with Gasteiger partial charge in [0.15, 0.2) is 0 Å². The molecule has 0 fully saturated rings. The number of likely N-dealkylation sites (N-methyl/N-ethyl adjacent to an activating group) is 1. The van der Waals surface area contributed by atoms with Crippen LogP contribution in [0.25, 0.3) is 0 Å². The van der Waals surface area contributed by atoms with Gasteiger partial charge in [-0.3, -0.25) is 4.99 Å². The number of phenolic OH excluding ortho intramolecular Hbond substituents is 1. The molecule has 1 aromatic carbocycles. The van der Waals surface area contributed by atoms with Gasteiger partial charge in [0.05, 0.1) is 0 Å². The molecule has 0 saturated carbocycles. The first-order valence-electron chi connectivity index (χ1n) is 5.82. The Hall–Kier alpha value is -2.08. The Kier molecular flexibility index (Phi) is 5.81. The zero-order valence-electron chi connectivity index (χ0n) is 11.3. The molecule has 0 bridgehead atoms. The number of phenols is 1. The summed E-state index contributed by atoms with van der Waals surface area (Å²) in [5, 5.41) is 9.68. The molecule has 0 saturated heterocycles. The van der Waals surface area contributed by atoms with Crippen LogP contribution in [-0.2, 0) is 6.54 Å². The number of nitrogens with zero attached hydrogens (tertiary/aromatic N) is 2. The van der Waals surface area contributed by atoms with Crippen LogP contribution in [-0.4, -0.2) is 37.0 Å². The number of rotatable bonds is 5. The van der Waals surface area contributed by atoms with E-state index in [0.29, 0.717) is 17.9 Å². The SMILES string of the molecule is CN=C(/C=C\NNC)N(C)Cc1cc(F)ccc1O. The van der Waals surface area contributed by atoms with Crippen LogP contribution in [0.4, 0.5) is 4.39 Å². The minimum Gasteiger partial charge on any atom is -0.508 e. The van der Waals surface area contributed by atoms with Gasteiger partial charge in [-0.15, -0.1) is 0 Å². The molecular weight excluding hydrogens is 247 g/mol. The summed E-state index contributed by atoms with van der Waals surface area (Å²) in [4.78, 5) is 5.93. The van der Waals surface area contributed by atoms with Crippen molar-refractivity contribution >= 4 is 5.84 Å². The number of amidine groups is 1. The van der Waals surface area contributed by atoms with Gasteiger partial charge in [-0.05, 0) is 24.3 Å². The third-order valence-corrected chi connectivity index (χ3v) is 2.53. The second-order valence-electron chi connectivity index (χ2n) is 3.94. The second-order valence-corrected chi connectivity index (χ2v) is 3.94. The molecule has 1 rings (SSSR count). The summed E-state index contributed by atoms with van der Waals surface area (Å²) in [7, 11) is 5.24. The summed E-state index contributed by atoms with van der Waals surface area (Å²) in [6.07, 6.45) is 3.47. The Labute approximate surface area is 112 Å².